The van der Waals surface area contributed by atoms with Crippen molar-refractivity contribution >= 4 is 46.2 Å². The number of ether oxygens (including phenoxy) is 1. The number of amides is 1. The second kappa shape index (κ2) is 10.5. The number of aliphatic imine (C=N–C) groups is 1. The quantitative estimate of drug-likeness (QED) is 0.255. The third-order valence-corrected chi connectivity index (χ3v) is 7.28. The van der Waals surface area contributed by atoms with Crippen molar-refractivity contribution < 1.29 is 9.53 Å². The lowest BCUT2D eigenvalue weighted by Gasteiger charge is -2.16. The van der Waals surface area contributed by atoms with Crippen LogP contribution in [0.4, 0.5) is 5.69 Å². The van der Waals surface area contributed by atoms with Crippen LogP contribution in [0.25, 0.3) is 11.8 Å². The van der Waals surface area contributed by atoms with Crippen LogP contribution in [-0.4, -0.2) is 27.7 Å². The van der Waals surface area contributed by atoms with Gasteiger partial charge in [-0.1, -0.05) is 48.0 Å². The summed E-state index contributed by atoms with van der Waals surface area (Å²) in [5.74, 6) is 0.691. The number of benzene rings is 3. The molecule has 0 bridgehead atoms. The van der Waals surface area contributed by atoms with Crippen molar-refractivity contribution in [2.75, 3.05) is 7.11 Å². The fourth-order valence-corrected chi connectivity index (χ4v) is 5.03. The molecule has 1 amide bonds. The van der Waals surface area contributed by atoms with Gasteiger partial charge in [-0.25, -0.2) is 4.99 Å². The highest BCUT2D eigenvalue weighted by Gasteiger charge is 2.33. The molecule has 36 heavy (non-hydrogen) atoms. The minimum Gasteiger partial charge on any atom is -0.497 e. The third-order valence-electron chi connectivity index (χ3n) is 5.86. The molecule has 0 radical (unpaired) electrons. The van der Waals surface area contributed by atoms with Crippen molar-refractivity contribution in [3.05, 3.63) is 118 Å². The highest BCUT2D eigenvalue weighted by molar-refractivity contribution is 8.18. The molecule has 1 aliphatic heterocycles. The van der Waals surface area contributed by atoms with E-state index in [1.54, 1.807) is 12.0 Å². The number of thioether (sulfide) groups is 1. The van der Waals surface area contributed by atoms with Crippen LogP contribution in [0.2, 0.25) is 5.02 Å². The largest absolute Gasteiger partial charge is 0.497 e. The summed E-state index contributed by atoms with van der Waals surface area (Å²) in [7, 11) is 1.64. The van der Waals surface area contributed by atoms with Crippen molar-refractivity contribution in [2.24, 2.45) is 4.99 Å². The number of hydrogen-bond donors (Lipinski definition) is 0. The molecule has 0 saturated carbocycles. The number of nitrogens with zero attached hydrogens (tertiary/aromatic N) is 3. The summed E-state index contributed by atoms with van der Waals surface area (Å²) in [4.78, 5) is 20.7. The maximum Gasteiger partial charge on any atom is 0.267 e. The Bertz CT molecular complexity index is 1460. The molecule has 1 aliphatic rings. The fraction of sp³-hybridized carbons (Fsp3) is 0.103. The molecule has 0 unspecified atom stereocenters. The number of hydrogen-bond acceptors (Lipinski definition) is 4. The van der Waals surface area contributed by atoms with E-state index in [0.717, 1.165) is 33.9 Å². The van der Waals surface area contributed by atoms with Gasteiger partial charge >= 0.3 is 0 Å². The molecule has 3 aromatic carbocycles. The second-order valence-electron chi connectivity index (χ2n) is 8.32. The van der Waals surface area contributed by atoms with Crippen LogP contribution in [0.3, 0.4) is 0 Å². The highest BCUT2D eigenvalue weighted by Crippen LogP contribution is 2.36. The average molecular weight is 514 g/mol. The Balaban J connectivity index is 1.50. The van der Waals surface area contributed by atoms with Gasteiger partial charge in [-0.05, 0) is 84.4 Å². The molecule has 2 heterocycles. The first kappa shape index (κ1) is 24.0. The Kier molecular flexibility index (Phi) is 6.98. The summed E-state index contributed by atoms with van der Waals surface area (Å²) in [5.41, 5.74) is 4.63. The number of aromatic nitrogens is 1. The maximum absolute atomic E-state index is 13.6. The number of halogens is 1. The molecule has 7 heteroatoms. The lowest BCUT2D eigenvalue weighted by atomic mass is 10.2. The van der Waals surface area contributed by atoms with Crippen molar-refractivity contribution in [1.29, 1.82) is 0 Å². The van der Waals surface area contributed by atoms with Crippen molar-refractivity contribution in [3.8, 4) is 11.4 Å². The van der Waals surface area contributed by atoms with Crippen LogP contribution in [0, 0.1) is 6.92 Å². The first-order chi connectivity index (χ1) is 17.5. The van der Waals surface area contributed by atoms with Gasteiger partial charge in [-0.2, -0.15) is 0 Å². The summed E-state index contributed by atoms with van der Waals surface area (Å²) in [5, 5.41) is 1.35. The molecule has 5 rings (SSSR count). The van der Waals surface area contributed by atoms with E-state index in [4.69, 9.17) is 21.3 Å². The summed E-state index contributed by atoms with van der Waals surface area (Å²) >= 11 is 7.75. The molecule has 1 fully saturated rings. The number of para-hydroxylation sites is 1. The van der Waals surface area contributed by atoms with Crippen LogP contribution in [-0.2, 0) is 11.3 Å². The van der Waals surface area contributed by atoms with Crippen LogP contribution in [0.5, 0.6) is 5.75 Å². The van der Waals surface area contributed by atoms with Crippen molar-refractivity contribution in [2.45, 2.75) is 13.5 Å². The average Bonchev–Trinajstić information content (AvgIpc) is 3.47. The van der Waals surface area contributed by atoms with Gasteiger partial charge in [0.1, 0.15) is 5.75 Å². The van der Waals surface area contributed by atoms with Gasteiger partial charge in [0.25, 0.3) is 5.91 Å². The Hall–Kier alpha value is -3.74. The minimum atomic E-state index is -0.0832. The maximum atomic E-state index is 13.6. The molecular formula is C29H24ClN3O2S. The van der Waals surface area contributed by atoms with E-state index in [9.17, 15) is 4.79 Å². The topological polar surface area (TPSA) is 46.8 Å². The normalized spacial score (nSPS) is 15.8. The monoisotopic (exact) mass is 513 g/mol. The Labute approximate surface area is 219 Å². The number of carbonyl (C=O) groups excluding carboxylic acids is 1. The fourth-order valence-electron chi connectivity index (χ4n) is 3.87. The number of aryl methyl sites for hydroxylation is 1. The molecule has 5 nitrogen and oxygen atoms in total. The molecule has 0 aliphatic carbocycles. The van der Waals surface area contributed by atoms with Crippen molar-refractivity contribution in [1.82, 2.24) is 9.47 Å². The predicted molar refractivity (Wildman–Crippen MR) is 148 cm³/mol. The van der Waals surface area contributed by atoms with E-state index in [2.05, 4.69) is 0 Å². The predicted octanol–water partition coefficient (Wildman–Crippen LogP) is 7.25. The summed E-state index contributed by atoms with van der Waals surface area (Å²) in [6.07, 6.45) is 3.88. The van der Waals surface area contributed by atoms with Crippen LogP contribution >= 0.6 is 23.4 Å². The number of rotatable bonds is 6. The molecule has 1 aromatic heterocycles. The van der Waals surface area contributed by atoms with E-state index >= 15 is 0 Å². The smallest absolute Gasteiger partial charge is 0.267 e. The third kappa shape index (κ3) is 5.10. The Morgan fingerprint density at radius 2 is 1.78 bits per heavy atom. The van der Waals surface area contributed by atoms with Gasteiger partial charge in [0.2, 0.25) is 0 Å². The van der Waals surface area contributed by atoms with Gasteiger partial charge in [0.15, 0.2) is 5.17 Å². The van der Waals surface area contributed by atoms with Gasteiger partial charge < -0.3 is 9.30 Å². The van der Waals surface area contributed by atoms with E-state index in [1.165, 1.54) is 11.8 Å². The van der Waals surface area contributed by atoms with Gasteiger partial charge in [-0.15, -0.1) is 0 Å². The van der Waals surface area contributed by atoms with Crippen LogP contribution < -0.4 is 4.74 Å². The zero-order valence-corrected chi connectivity index (χ0v) is 21.5. The lowest BCUT2D eigenvalue weighted by molar-refractivity contribution is -0.122. The van der Waals surface area contributed by atoms with E-state index in [1.807, 2.05) is 109 Å². The highest BCUT2D eigenvalue weighted by atomic mass is 35.5. The SMILES string of the molecule is COc1ccc(CN2C(=O)C(=Cc3cccn3-c3ccc(C)c(Cl)c3)SC2=Nc2ccccc2)cc1. The summed E-state index contributed by atoms with van der Waals surface area (Å²) in [6.45, 7) is 2.39. The van der Waals surface area contributed by atoms with Crippen LogP contribution in [0.1, 0.15) is 16.8 Å². The summed E-state index contributed by atoms with van der Waals surface area (Å²) < 4.78 is 7.29. The molecule has 0 atom stereocenters. The van der Waals surface area contributed by atoms with E-state index < -0.39 is 0 Å². The number of methoxy groups -OCH3 is 1. The lowest BCUT2D eigenvalue weighted by Crippen LogP contribution is -2.28. The first-order valence-electron chi connectivity index (χ1n) is 11.4. The number of carbonyl (C=O) groups is 1. The molecule has 0 N–H and O–H groups in total. The van der Waals surface area contributed by atoms with E-state index in [-0.39, 0.29) is 5.91 Å². The van der Waals surface area contributed by atoms with Gasteiger partial charge in [0.05, 0.1) is 24.2 Å². The zero-order chi connectivity index (χ0) is 25.1. The molecule has 180 valence electrons. The molecule has 1 saturated heterocycles. The Morgan fingerprint density at radius 3 is 2.50 bits per heavy atom. The molecular weight excluding hydrogens is 490 g/mol. The standard InChI is InChI=1S/C29H24ClN3O2S/c1-20-10-13-24(17-26(20)30)32-16-6-9-23(32)18-27-28(34)33(19-21-11-14-25(35-2)15-12-21)29(36-27)31-22-7-4-3-5-8-22/h3-18H,19H2,1-2H3. The van der Waals surface area contributed by atoms with Crippen molar-refractivity contribution in [3.63, 3.8) is 0 Å². The molecule has 4 aromatic rings. The summed E-state index contributed by atoms with van der Waals surface area (Å²) in [6, 6.07) is 27.3. The van der Waals surface area contributed by atoms with Gasteiger partial charge in [-0.3, -0.25) is 9.69 Å². The number of amidine groups is 1. The minimum absolute atomic E-state index is 0.0832. The Morgan fingerprint density at radius 1 is 1.00 bits per heavy atom. The molecule has 0 spiro atoms. The van der Waals surface area contributed by atoms with Crippen LogP contribution in [0.15, 0.2) is 101 Å². The zero-order valence-electron chi connectivity index (χ0n) is 19.9. The van der Waals surface area contributed by atoms with E-state index in [0.29, 0.717) is 21.6 Å². The first-order valence-corrected chi connectivity index (χ1v) is 12.6. The van der Waals surface area contributed by atoms with Gasteiger partial charge in [0, 0.05) is 22.6 Å². The second-order valence-corrected chi connectivity index (χ2v) is 9.73.